The Morgan fingerprint density at radius 1 is 1.25 bits per heavy atom. The van der Waals surface area contributed by atoms with Gasteiger partial charge >= 0.3 is 0 Å². The minimum absolute atomic E-state index is 0.0550. The summed E-state index contributed by atoms with van der Waals surface area (Å²) < 4.78 is 0. The molecular formula is C16H20N4. The fourth-order valence-electron chi connectivity index (χ4n) is 2.41. The Balaban J connectivity index is 2.63. The van der Waals surface area contributed by atoms with Gasteiger partial charge < -0.3 is 10.6 Å². The van der Waals surface area contributed by atoms with Gasteiger partial charge in [-0.15, -0.1) is 0 Å². The highest BCUT2D eigenvalue weighted by Crippen LogP contribution is 2.28. The van der Waals surface area contributed by atoms with Crippen molar-refractivity contribution in [3.05, 3.63) is 53.2 Å². The van der Waals surface area contributed by atoms with E-state index in [1.54, 1.807) is 0 Å². The molecule has 1 aromatic carbocycles. The number of nitrogens with zero attached hydrogens (tertiary/aromatic N) is 2. The highest BCUT2D eigenvalue weighted by atomic mass is 15.2. The van der Waals surface area contributed by atoms with Crippen LogP contribution in [0.5, 0.6) is 0 Å². The van der Waals surface area contributed by atoms with Crippen molar-refractivity contribution in [3.8, 4) is 0 Å². The second kappa shape index (κ2) is 5.74. The molecule has 0 saturated heterocycles. The molecular weight excluding hydrogens is 248 g/mol. The Bertz CT molecular complexity index is 620. The zero-order valence-electron chi connectivity index (χ0n) is 12.1. The molecule has 0 aliphatic rings. The highest BCUT2D eigenvalue weighted by molar-refractivity contribution is 6.01. The summed E-state index contributed by atoms with van der Waals surface area (Å²) in [7, 11) is 0. The maximum atomic E-state index is 7.83. The van der Waals surface area contributed by atoms with E-state index in [1.807, 2.05) is 50.2 Å². The van der Waals surface area contributed by atoms with Gasteiger partial charge in [0.15, 0.2) is 0 Å². The fourth-order valence-corrected chi connectivity index (χ4v) is 2.41. The Kier molecular flexibility index (Phi) is 4.03. The molecule has 1 heterocycles. The topological polar surface area (TPSA) is 66.0 Å². The molecule has 3 N–H and O–H groups in total. The van der Waals surface area contributed by atoms with Gasteiger partial charge in [-0.2, -0.15) is 0 Å². The van der Waals surface area contributed by atoms with E-state index < -0.39 is 0 Å². The number of benzene rings is 1. The highest BCUT2D eigenvalue weighted by Gasteiger charge is 2.17. The Morgan fingerprint density at radius 2 is 1.90 bits per heavy atom. The number of aryl methyl sites for hydroxylation is 2. The van der Waals surface area contributed by atoms with E-state index in [9.17, 15) is 0 Å². The minimum atomic E-state index is 0.0550. The molecule has 2 rings (SSSR count). The third-order valence-corrected chi connectivity index (χ3v) is 3.23. The third-order valence-electron chi connectivity index (χ3n) is 3.23. The van der Waals surface area contributed by atoms with Crippen LogP contribution in [0.15, 0.2) is 36.4 Å². The van der Waals surface area contributed by atoms with Gasteiger partial charge in [-0.05, 0) is 44.5 Å². The molecule has 0 atom stereocenters. The number of nitrogen functional groups attached to an aromatic ring is 1. The molecule has 0 aliphatic heterocycles. The summed E-state index contributed by atoms with van der Waals surface area (Å²) in [5, 5.41) is 7.83. The van der Waals surface area contributed by atoms with Crippen LogP contribution in [-0.4, -0.2) is 17.4 Å². The number of para-hydroxylation sites is 1. The largest absolute Gasteiger partial charge is 0.384 e. The van der Waals surface area contributed by atoms with Gasteiger partial charge in [-0.1, -0.05) is 18.2 Å². The normalized spacial score (nSPS) is 10.3. The van der Waals surface area contributed by atoms with E-state index in [4.69, 9.17) is 11.1 Å². The van der Waals surface area contributed by atoms with Gasteiger partial charge in [0.25, 0.3) is 0 Å². The van der Waals surface area contributed by atoms with Crippen molar-refractivity contribution in [2.45, 2.75) is 20.8 Å². The fraction of sp³-hybridized carbons (Fsp3) is 0.250. The van der Waals surface area contributed by atoms with Crippen molar-refractivity contribution >= 4 is 17.3 Å². The lowest BCUT2D eigenvalue weighted by molar-refractivity contribution is 0.971. The van der Waals surface area contributed by atoms with Crippen molar-refractivity contribution in [1.29, 1.82) is 5.41 Å². The van der Waals surface area contributed by atoms with Gasteiger partial charge in [0, 0.05) is 17.9 Å². The smallest absolute Gasteiger partial charge is 0.144 e. The molecule has 2 aromatic rings. The Hall–Kier alpha value is -2.36. The van der Waals surface area contributed by atoms with E-state index in [0.717, 1.165) is 29.3 Å². The van der Waals surface area contributed by atoms with Crippen LogP contribution in [0.4, 0.5) is 11.5 Å². The van der Waals surface area contributed by atoms with Crippen LogP contribution in [-0.2, 0) is 0 Å². The van der Waals surface area contributed by atoms with Crippen molar-refractivity contribution in [3.63, 3.8) is 0 Å². The standard InChI is InChI=1S/C16H20N4/c1-4-20(13-8-6-5-7-9-13)16-14(15(17)18)11(2)10-12(3)19-16/h5-10H,4H2,1-3H3,(H3,17,18). The molecule has 0 amide bonds. The van der Waals surface area contributed by atoms with Gasteiger partial charge in [0.1, 0.15) is 11.7 Å². The summed E-state index contributed by atoms with van der Waals surface area (Å²) in [6.07, 6.45) is 0. The first-order valence-corrected chi connectivity index (χ1v) is 6.69. The first-order valence-electron chi connectivity index (χ1n) is 6.69. The summed E-state index contributed by atoms with van der Waals surface area (Å²) in [6.45, 7) is 6.75. The van der Waals surface area contributed by atoms with Crippen molar-refractivity contribution in [2.24, 2.45) is 5.73 Å². The molecule has 0 radical (unpaired) electrons. The predicted molar refractivity (Wildman–Crippen MR) is 83.8 cm³/mol. The summed E-state index contributed by atoms with van der Waals surface area (Å²) in [5.41, 5.74) is 9.42. The SMILES string of the molecule is CCN(c1ccccc1)c1nc(C)cc(C)c1C(=N)N. The third kappa shape index (κ3) is 2.64. The zero-order valence-corrected chi connectivity index (χ0v) is 12.1. The lowest BCUT2D eigenvalue weighted by Crippen LogP contribution is -2.24. The first-order chi connectivity index (χ1) is 9.54. The summed E-state index contributed by atoms with van der Waals surface area (Å²) in [4.78, 5) is 6.69. The Morgan fingerprint density at radius 3 is 2.45 bits per heavy atom. The van der Waals surface area contributed by atoms with Crippen molar-refractivity contribution in [1.82, 2.24) is 4.98 Å². The number of aromatic nitrogens is 1. The predicted octanol–water partition coefficient (Wildman–Crippen LogP) is 3.14. The van der Waals surface area contributed by atoms with Gasteiger partial charge in [0.2, 0.25) is 0 Å². The van der Waals surface area contributed by atoms with Gasteiger partial charge in [-0.25, -0.2) is 4.98 Å². The van der Waals surface area contributed by atoms with Crippen LogP contribution in [0.1, 0.15) is 23.7 Å². The number of anilines is 2. The van der Waals surface area contributed by atoms with E-state index in [0.29, 0.717) is 5.56 Å². The van der Waals surface area contributed by atoms with Crippen LogP contribution >= 0.6 is 0 Å². The lowest BCUT2D eigenvalue weighted by Gasteiger charge is -2.25. The van der Waals surface area contributed by atoms with Crippen LogP contribution in [0.2, 0.25) is 0 Å². The molecule has 0 unspecified atom stereocenters. The summed E-state index contributed by atoms with van der Waals surface area (Å²) in [6, 6.07) is 12.0. The molecule has 0 saturated carbocycles. The average molecular weight is 268 g/mol. The van der Waals surface area contributed by atoms with Crippen molar-refractivity contribution < 1.29 is 0 Å². The lowest BCUT2D eigenvalue weighted by atomic mass is 10.1. The van der Waals surface area contributed by atoms with E-state index >= 15 is 0 Å². The van der Waals surface area contributed by atoms with Crippen LogP contribution in [0, 0.1) is 19.3 Å². The summed E-state index contributed by atoms with van der Waals surface area (Å²) in [5.74, 6) is 0.808. The molecule has 0 aliphatic carbocycles. The molecule has 1 aromatic heterocycles. The number of nitrogens with two attached hydrogens (primary N) is 1. The van der Waals surface area contributed by atoms with Crippen LogP contribution < -0.4 is 10.6 Å². The maximum Gasteiger partial charge on any atom is 0.144 e. The molecule has 104 valence electrons. The number of amidine groups is 1. The van der Waals surface area contributed by atoms with E-state index in [-0.39, 0.29) is 5.84 Å². The Labute approximate surface area is 119 Å². The minimum Gasteiger partial charge on any atom is -0.384 e. The molecule has 0 bridgehead atoms. The van der Waals surface area contributed by atoms with Crippen LogP contribution in [0.25, 0.3) is 0 Å². The van der Waals surface area contributed by atoms with Crippen LogP contribution in [0.3, 0.4) is 0 Å². The molecule has 4 nitrogen and oxygen atoms in total. The monoisotopic (exact) mass is 268 g/mol. The number of nitrogens with one attached hydrogen (secondary N) is 1. The van der Waals surface area contributed by atoms with Gasteiger partial charge in [0.05, 0.1) is 5.56 Å². The molecule has 4 heteroatoms. The second-order valence-corrected chi connectivity index (χ2v) is 4.77. The average Bonchev–Trinajstić information content (AvgIpc) is 2.39. The molecule has 0 spiro atoms. The maximum absolute atomic E-state index is 7.83. The second-order valence-electron chi connectivity index (χ2n) is 4.77. The molecule has 0 fully saturated rings. The number of rotatable bonds is 4. The van der Waals surface area contributed by atoms with E-state index in [2.05, 4.69) is 16.8 Å². The summed E-state index contributed by atoms with van der Waals surface area (Å²) >= 11 is 0. The quantitative estimate of drug-likeness (QED) is 0.661. The van der Waals surface area contributed by atoms with E-state index in [1.165, 1.54) is 0 Å². The molecule has 20 heavy (non-hydrogen) atoms. The number of hydrogen-bond donors (Lipinski definition) is 2. The first kappa shape index (κ1) is 14.1. The number of hydrogen-bond acceptors (Lipinski definition) is 3. The van der Waals surface area contributed by atoms with Gasteiger partial charge in [-0.3, -0.25) is 5.41 Å². The number of pyridine rings is 1. The zero-order chi connectivity index (χ0) is 14.7. The van der Waals surface area contributed by atoms with Crippen molar-refractivity contribution in [2.75, 3.05) is 11.4 Å².